The van der Waals surface area contributed by atoms with Gasteiger partial charge in [0.25, 0.3) is 5.69 Å². The van der Waals surface area contributed by atoms with Gasteiger partial charge >= 0.3 is 13.0 Å². The third-order valence-corrected chi connectivity index (χ3v) is 4.02. The number of nitrogens with zero attached hydrogens (tertiary/aromatic N) is 2. The van der Waals surface area contributed by atoms with Gasteiger partial charge in [-0.2, -0.15) is 4.91 Å². The van der Waals surface area contributed by atoms with Gasteiger partial charge in [-0.3, -0.25) is 10.1 Å². The number of ether oxygens (including phenoxy) is 1. The SMILES string of the molecule is O=NB(O)c1cc(C(=O)OCc2cccc3ccccc23)cc([N+](=O)[O-])c1. The zero-order valence-electron chi connectivity index (χ0n) is 13.9. The Labute approximate surface area is 153 Å². The van der Waals surface area contributed by atoms with Crippen molar-refractivity contribution in [2.24, 2.45) is 5.09 Å². The quantitative estimate of drug-likeness (QED) is 0.236. The molecule has 3 rings (SSSR count). The first-order chi connectivity index (χ1) is 13.0. The summed E-state index contributed by atoms with van der Waals surface area (Å²) in [6, 6.07) is 16.3. The van der Waals surface area contributed by atoms with Crippen molar-refractivity contribution in [3.05, 3.63) is 86.8 Å². The summed E-state index contributed by atoms with van der Waals surface area (Å²) >= 11 is 0. The van der Waals surface area contributed by atoms with Gasteiger partial charge in [-0.25, -0.2) is 4.79 Å². The first kappa shape index (κ1) is 18.2. The lowest BCUT2D eigenvalue weighted by Gasteiger charge is -2.09. The molecule has 3 aromatic carbocycles. The molecule has 0 amide bonds. The number of carbonyl (C=O) groups is 1. The third-order valence-electron chi connectivity index (χ3n) is 4.02. The van der Waals surface area contributed by atoms with Crippen LogP contribution < -0.4 is 5.46 Å². The fourth-order valence-electron chi connectivity index (χ4n) is 2.71. The Morgan fingerprint density at radius 1 is 1.15 bits per heavy atom. The number of non-ortho nitro benzene ring substituents is 1. The van der Waals surface area contributed by atoms with E-state index in [0.717, 1.165) is 34.5 Å². The molecule has 0 saturated heterocycles. The standard InChI is InChI=1S/C18H13BN2O6/c22-18(14-8-15(19(23)20-24)10-16(9-14)21(25)26)27-11-13-6-3-5-12-4-1-2-7-17(12)13/h1-10,23H,11H2. The number of benzene rings is 3. The maximum absolute atomic E-state index is 12.4. The normalized spacial score (nSPS) is 10.4. The fourth-order valence-corrected chi connectivity index (χ4v) is 2.71. The lowest BCUT2D eigenvalue weighted by atomic mass is 9.75. The molecular weight excluding hydrogens is 351 g/mol. The highest BCUT2D eigenvalue weighted by atomic mass is 16.6. The highest BCUT2D eigenvalue weighted by molar-refractivity contribution is 6.64. The van der Waals surface area contributed by atoms with Crippen molar-refractivity contribution in [1.82, 2.24) is 0 Å². The van der Waals surface area contributed by atoms with Crippen LogP contribution in [0, 0.1) is 15.0 Å². The van der Waals surface area contributed by atoms with E-state index < -0.39 is 23.6 Å². The van der Waals surface area contributed by atoms with E-state index in [1.165, 1.54) is 0 Å². The van der Waals surface area contributed by atoms with Crippen LogP contribution in [0.3, 0.4) is 0 Å². The van der Waals surface area contributed by atoms with Gasteiger partial charge in [0, 0.05) is 12.1 Å². The van der Waals surface area contributed by atoms with Crippen LogP contribution in [0.1, 0.15) is 15.9 Å². The van der Waals surface area contributed by atoms with Gasteiger partial charge in [0.2, 0.25) is 0 Å². The van der Waals surface area contributed by atoms with Gasteiger partial charge in [-0.05, 0) is 27.9 Å². The number of carbonyl (C=O) groups excluding carboxylic acids is 1. The van der Waals surface area contributed by atoms with E-state index in [1.54, 1.807) is 0 Å². The van der Waals surface area contributed by atoms with Crippen LogP contribution in [-0.2, 0) is 11.3 Å². The molecular formula is C18H13BN2O6. The molecule has 0 heterocycles. The van der Waals surface area contributed by atoms with Gasteiger partial charge in [-0.15, -0.1) is 0 Å². The molecule has 0 unspecified atom stereocenters. The number of nitroso groups, excluding NO2 is 1. The summed E-state index contributed by atoms with van der Waals surface area (Å²) in [5, 5.41) is 24.9. The number of esters is 1. The van der Waals surface area contributed by atoms with Gasteiger partial charge in [0.05, 0.1) is 10.5 Å². The summed E-state index contributed by atoms with van der Waals surface area (Å²) in [4.78, 5) is 33.2. The van der Waals surface area contributed by atoms with E-state index in [4.69, 9.17) is 4.74 Å². The molecule has 0 spiro atoms. The van der Waals surface area contributed by atoms with Gasteiger partial charge in [0.15, 0.2) is 0 Å². The summed E-state index contributed by atoms with van der Waals surface area (Å²) in [7, 11) is -1.81. The predicted octanol–water partition coefficient (Wildman–Crippen LogP) is 2.56. The van der Waals surface area contributed by atoms with Crippen molar-refractivity contribution >= 4 is 34.9 Å². The molecule has 8 nitrogen and oxygen atoms in total. The molecule has 0 fully saturated rings. The van der Waals surface area contributed by atoms with Crippen molar-refractivity contribution < 1.29 is 19.5 Å². The van der Waals surface area contributed by atoms with Crippen LogP contribution in [0.25, 0.3) is 10.8 Å². The smallest absolute Gasteiger partial charge is 0.457 e. The molecule has 0 aromatic heterocycles. The summed E-state index contributed by atoms with van der Waals surface area (Å²) in [6.45, 7) is -0.0350. The predicted molar refractivity (Wildman–Crippen MR) is 99.6 cm³/mol. The van der Waals surface area contributed by atoms with E-state index in [2.05, 4.69) is 5.09 Å². The Kier molecular flexibility index (Phi) is 5.23. The molecule has 0 saturated carbocycles. The lowest BCUT2D eigenvalue weighted by molar-refractivity contribution is -0.384. The second kappa shape index (κ2) is 7.75. The zero-order chi connectivity index (χ0) is 19.4. The number of hydrogen-bond acceptors (Lipinski definition) is 7. The minimum atomic E-state index is -1.81. The topological polar surface area (TPSA) is 119 Å². The average molecular weight is 364 g/mol. The Morgan fingerprint density at radius 2 is 1.89 bits per heavy atom. The Hall–Kier alpha value is -3.59. The van der Waals surface area contributed by atoms with Crippen molar-refractivity contribution in [2.75, 3.05) is 0 Å². The summed E-state index contributed by atoms with van der Waals surface area (Å²) in [5.74, 6) is -0.814. The number of nitro benzene ring substituents is 1. The summed E-state index contributed by atoms with van der Waals surface area (Å²) in [5.41, 5.74) is 0.0208. The molecule has 3 aromatic rings. The fraction of sp³-hybridized carbons (Fsp3) is 0.0556. The monoisotopic (exact) mass is 364 g/mol. The van der Waals surface area contributed by atoms with Crippen molar-refractivity contribution in [3.8, 4) is 0 Å². The second-order valence-corrected chi connectivity index (χ2v) is 5.76. The minimum absolute atomic E-state index is 0.0350. The number of rotatable bonds is 6. The van der Waals surface area contributed by atoms with Crippen LogP contribution in [0.2, 0.25) is 0 Å². The Balaban J connectivity index is 1.86. The molecule has 0 bridgehead atoms. The largest absolute Gasteiger partial charge is 0.517 e. The molecule has 0 aliphatic heterocycles. The van der Waals surface area contributed by atoms with Gasteiger partial charge < -0.3 is 9.76 Å². The molecule has 0 atom stereocenters. The second-order valence-electron chi connectivity index (χ2n) is 5.76. The average Bonchev–Trinajstić information content (AvgIpc) is 2.70. The maximum Gasteiger partial charge on any atom is 0.517 e. The number of nitro groups is 1. The van der Waals surface area contributed by atoms with E-state index in [9.17, 15) is 24.8 Å². The molecule has 27 heavy (non-hydrogen) atoms. The molecule has 0 radical (unpaired) electrons. The van der Waals surface area contributed by atoms with Crippen LogP contribution in [-0.4, -0.2) is 23.0 Å². The Morgan fingerprint density at radius 3 is 2.63 bits per heavy atom. The minimum Gasteiger partial charge on any atom is -0.457 e. The third kappa shape index (κ3) is 3.99. The molecule has 1 N–H and O–H groups in total. The van der Waals surface area contributed by atoms with E-state index in [-0.39, 0.29) is 17.6 Å². The highest BCUT2D eigenvalue weighted by Crippen LogP contribution is 2.20. The number of hydrogen-bond donors (Lipinski definition) is 1. The molecule has 0 aliphatic rings. The van der Waals surface area contributed by atoms with Crippen LogP contribution >= 0.6 is 0 Å². The highest BCUT2D eigenvalue weighted by Gasteiger charge is 2.23. The van der Waals surface area contributed by atoms with Crippen molar-refractivity contribution in [2.45, 2.75) is 6.61 Å². The maximum atomic E-state index is 12.4. The zero-order valence-corrected chi connectivity index (χ0v) is 13.9. The van der Waals surface area contributed by atoms with Crippen LogP contribution in [0.4, 0.5) is 5.69 Å². The van der Waals surface area contributed by atoms with Gasteiger partial charge in [-0.1, -0.05) is 47.6 Å². The Bertz CT molecular complexity index is 1030. The summed E-state index contributed by atoms with van der Waals surface area (Å²) in [6.07, 6.45) is 0. The van der Waals surface area contributed by atoms with E-state index in [0.29, 0.717) is 0 Å². The number of fused-ring (bicyclic) bond motifs is 1. The lowest BCUT2D eigenvalue weighted by Crippen LogP contribution is -2.29. The first-order valence-electron chi connectivity index (χ1n) is 7.93. The van der Waals surface area contributed by atoms with Crippen LogP contribution in [0.15, 0.2) is 65.8 Å². The first-order valence-corrected chi connectivity index (χ1v) is 7.93. The van der Waals surface area contributed by atoms with E-state index >= 15 is 0 Å². The summed E-state index contributed by atoms with van der Waals surface area (Å²) < 4.78 is 5.27. The van der Waals surface area contributed by atoms with E-state index in [1.807, 2.05) is 42.5 Å². The van der Waals surface area contributed by atoms with Crippen molar-refractivity contribution in [3.63, 3.8) is 0 Å². The van der Waals surface area contributed by atoms with Gasteiger partial charge in [0.1, 0.15) is 6.61 Å². The van der Waals surface area contributed by atoms with Crippen LogP contribution in [0.5, 0.6) is 0 Å². The molecule has 9 heteroatoms. The molecule has 134 valence electrons. The molecule has 0 aliphatic carbocycles. The van der Waals surface area contributed by atoms with Crippen molar-refractivity contribution in [1.29, 1.82) is 0 Å².